The second-order valence-electron chi connectivity index (χ2n) is 4.90. The predicted molar refractivity (Wildman–Crippen MR) is 86.8 cm³/mol. The normalized spacial score (nSPS) is 13.2. The van der Waals surface area contributed by atoms with E-state index in [0.29, 0.717) is 22.7 Å². The lowest BCUT2D eigenvalue weighted by Crippen LogP contribution is -2.19. The quantitative estimate of drug-likeness (QED) is 0.884. The number of carbonyl (C=O) groups excluding carboxylic acids is 2. The Balaban J connectivity index is 1.70. The number of hydrogen-bond donors (Lipinski definition) is 2. The molecular formula is C16H12F2N2O3S. The minimum Gasteiger partial charge on any atom is -0.435 e. The minimum absolute atomic E-state index is 0.0185. The van der Waals surface area contributed by atoms with E-state index in [9.17, 15) is 18.4 Å². The summed E-state index contributed by atoms with van der Waals surface area (Å²) >= 11 is 1.43. The molecule has 1 heterocycles. The van der Waals surface area contributed by atoms with Gasteiger partial charge in [-0.25, -0.2) is 0 Å². The fourth-order valence-corrected chi connectivity index (χ4v) is 2.94. The molecule has 2 aromatic carbocycles. The molecule has 0 saturated carbocycles. The molecule has 0 saturated heterocycles. The Hall–Kier alpha value is -2.61. The molecule has 8 heteroatoms. The van der Waals surface area contributed by atoms with Gasteiger partial charge in [0, 0.05) is 16.1 Å². The van der Waals surface area contributed by atoms with E-state index in [1.165, 1.54) is 36.0 Å². The molecule has 0 aliphatic carbocycles. The van der Waals surface area contributed by atoms with Crippen molar-refractivity contribution >= 4 is 35.0 Å². The highest BCUT2D eigenvalue weighted by molar-refractivity contribution is 8.00. The fraction of sp³-hybridized carbons (Fsp3) is 0.125. The third-order valence-corrected chi connectivity index (χ3v) is 4.29. The van der Waals surface area contributed by atoms with Gasteiger partial charge in [0.15, 0.2) is 0 Å². The number of carbonyl (C=O) groups is 2. The van der Waals surface area contributed by atoms with Crippen LogP contribution in [-0.4, -0.2) is 24.2 Å². The van der Waals surface area contributed by atoms with Gasteiger partial charge in [0.1, 0.15) is 5.75 Å². The van der Waals surface area contributed by atoms with Crippen LogP contribution in [0.15, 0.2) is 47.4 Å². The Morgan fingerprint density at radius 3 is 2.67 bits per heavy atom. The number of nitrogens with one attached hydrogen (secondary N) is 2. The van der Waals surface area contributed by atoms with Crippen molar-refractivity contribution in [3.63, 3.8) is 0 Å². The first kappa shape index (κ1) is 16.3. The molecule has 0 atom stereocenters. The monoisotopic (exact) mass is 350 g/mol. The summed E-state index contributed by atoms with van der Waals surface area (Å²) in [6, 6.07) is 10.6. The van der Waals surface area contributed by atoms with Crippen molar-refractivity contribution in [2.24, 2.45) is 0 Å². The van der Waals surface area contributed by atoms with Crippen LogP contribution < -0.4 is 15.4 Å². The van der Waals surface area contributed by atoms with Crippen molar-refractivity contribution in [1.29, 1.82) is 0 Å². The molecule has 0 unspecified atom stereocenters. The highest BCUT2D eigenvalue weighted by atomic mass is 32.2. The molecule has 0 fully saturated rings. The first-order valence-corrected chi connectivity index (χ1v) is 7.93. The smallest absolute Gasteiger partial charge is 0.387 e. The van der Waals surface area contributed by atoms with E-state index >= 15 is 0 Å². The van der Waals surface area contributed by atoms with Gasteiger partial charge in [-0.2, -0.15) is 8.78 Å². The van der Waals surface area contributed by atoms with Crippen molar-refractivity contribution < 1.29 is 23.1 Å². The number of hydrogen-bond acceptors (Lipinski definition) is 4. The third-order valence-electron chi connectivity index (χ3n) is 3.21. The second kappa shape index (κ2) is 6.88. The number of rotatable bonds is 4. The molecule has 124 valence electrons. The summed E-state index contributed by atoms with van der Waals surface area (Å²) in [5.74, 6) is -0.139. The number of thioether (sulfide) groups is 1. The van der Waals surface area contributed by atoms with Crippen molar-refractivity contribution in [3.05, 3.63) is 48.0 Å². The molecule has 2 aromatic rings. The number of halogens is 2. The molecule has 2 N–H and O–H groups in total. The summed E-state index contributed by atoms with van der Waals surface area (Å²) in [6.45, 7) is -2.91. The summed E-state index contributed by atoms with van der Waals surface area (Å²) in [5.41, 5.74) is 1.47. The maximum absolute atomic E-state index is 12.2. The van der Waals surface area contributed by atoms with Gasteiger partial charge in [0.05, 0.1) is 11.4 Å². The number of alkyl halides is 2. The van der Waals surface area contributed by atoms with Crippen molar-refractivity contribution in [3.8, 4) is 5.75 Å². The third kappa shape index (κ3) is 3.83. The molecule has 5 nitrogen and oxygen atoms in total. The zero-order valence-electron chi connectivity index (χ0n) is 12.2. The van der Waals surface area contributed by atoms with Crippen molar-refractivity contribution in [2.45, 2.75) is 11.5 Å². The Morgan fingerprint density at radius 2 is 1.96 bits per heavy atom. The van der Waals surface area contributed by atoms with Gasteiger partial charge in [-0.05, 0) is 42.5 Å². The van der Waals surface area contributed by atoms with Crippen molar-refractivity contribution in [2.75, 3.05) is 16.4 Å². The van der Waals surface area contributed by atoms with Crippen LogP contribution in [0.3, 0.4) is 0 Å². The summed E-state index contributed by atoms with van der Waals surface area (Å²) in [6.07, 6.45) is 0. The van der Waals surface area contributed by atoms with E-state index in [2.05, 4.69) is 15.4 Å². The SMILES string of the molecule is O=C1CSc2ccc(NC(=O)c3ccc(OC(F)F)cc3)cc2N1. The first-order valence-electron chi connectivity index (χ1n) is 6.94. The van der Waals surface area contributed by atoms with E-state index in [1.807, 2.05) is 6.07 Å². The van der Waals surface area contributed by atoms with Gasteiger partial charge in [-0.1, -0.05) is 0 Å². The zero-order chi connectivity index (χ0) is 17.1. The predicted octanol–water partition coefficient (Wildman–Crippen LogP) is 3.58. The van der Waals surface area contributed by atoms with Crippen LogP contribution in [0, 0.1) is 0 Å². The van der Waals surface area contributed by atoms with Crippen LogP contribution in [0.25, 0.3) is 0 Å². The van der Waals surface area contributed by atoms with Crippen LogP contribution in [0.5, 0.6) is 5.75 Å². The van der Waals surface area contributed by atoms with Crippen LogP contribution >= 0.6 is 11.8 Å². The highest BCUT2D eigenvalue weighted by Crippen LogP contribution is 2.33. The Morgan fingerprint density at radius 1 is 1.21 bits per heavy atom. The van der Waals surface area contributed by atoms with Crippen LogP contribution in [0.1, 0.15) is 10.4 Å². The molecule has 24 heavy (non-hydrogen) atoms. The number of amides is 2. The minimum atomic E-state index is -2.91. The van der Waals surface area contributed by atoms with Gasteiger partial charge in [-0.3, -0.25) is 9.59 Å². The van der Waals surface area contributed by atoms with Crippen LogP contribution in [0.2, 0.25) is 0 Å². The number of ether oxygens (including phenoxy) is 1. The largest absolute Gasteiger partial charge is 0.435 e. The summed E-state index contributed by atoms with van der Waals surface area (Å²) in [5, 5.41) is 5.44. The van der Waals surface area contributed by atoms with Gasteiger partial charge in [0.25, 0.3) is 5.91 Å². The number of anilines is 2. The highest BCUT2D eigenvalue weighted by Gasteiger charge is 2.16. The van der Waals surface area contributed by atoms with E-state index in [-0.39, 0.29) is 11.7 Å². The lowest BCUT2D eigenvalue weighted by Gasteiger charge is -2.17. The average Bonchev–Trinajstić information content (AvgIpc) is 2.54. The summed E-state index contributed by atoms with van der Waals surface area (Å²) in [4.78, 5) is 24.5. The molecular weight excluding hydrogens is 338 g/mol. The molecule has 2 amide bonds. The maximum atomic E-state index is 12.2. The van der Waals surface area contributed by atoms with Gasteiger partial charge in [-0.15, -0.1) is 11.8 Å². The number of benzene rings is 2. The zero-order valence-corrected chi connectivity index (χ0v) is 13.0. The van der Waals surface area contributed by atoms with Gasteiger partial charge in [0.2, 0.25) is 5.91 Å². The maximum Gasteiger partial charge on any atom is 0.387 e. The Bertz CT molecular complexity index is 781. The standard InChI is InChI=1S/C16H12F2N2O3S/c17-16(18)23-11-4-1-9(2-5-11)15(22)19-10-3-6-13-12(7-10)20-14(21)8-24-13/h1-7,16H,8H2,(H,19,22)(H,20,21). The van der Waals surface area contributed by atoms with Crippen LogP contribution in [0.4, 0.5) is 20.2 Å². The lowest BCUT2D eigenvalue weighted by atomic mass is 10.2. The summed E-state index contributed by atoms with van der Waals surface area (Å²) < 4.78 is 28.4. The second-order valence-corrected chi connectivity index (χ2v) is 5.92. The molecule has 1 aliphatic rings. The van der Waals surface area contributed by atoms with E-state index < -0.39 is 12.5 Å². The fourth-order valence-electron chi connectivity index (χ4n) is 2.15. The molecule has 0 aromatic heterocycles. The topological polar surface area (TPSA) is 67.4 Å². The van der Waals surface area contributed by atoms with Gasteiger partial charge >= 0.3 is 6.61 Å². The van der Waals surface area contributed by atoms with E-state index in [1.54, 1.807) is 12.1 Å². The molecule has 0 radical (unpaired) electrons. The lowest BCUT2D eigenvalue weighted by molar-refractivity contribution is -0.113. The molecule has 0 spiro atoms. The molecule has 3 rings (SSSR count). The molecule has 0 bridgehead atoms. The van der Waals surface area contributed by atoms with E-state index in [0.717, 1.165) is 4.90 Å². The van der Waals surface area contributed by atoms with Gasteiger partial charge < -0.3 is 15.4 Å². The first-order chi connectivity index (χ1) is 11.5. The van der Waals surface area contributed by atoms with Crippen LogP contribution in [-0.2, 0) is 4.79 Å². The Kier molecular flexibility index (Phi) is 4.66. The van der Waals surface area contributed by atoms with E-state index in [4.69, 9.17) is 0 Å². The number of fused-ring (bicyclic) bond motifs is 1. The Labute approximate surface area is 140 Å². The summed E-state index contributed by atoms with van der Waals surface area (Å²) in [7, 11) is 0. The van der Waals surface area contributed by atoms with Crippen molar-refractivity contribution in [1.82, 2.24) is 0 Å². The molecule has 1 aliphatic heterocycles. The average molecular weight is 350 g/mol.